The van der Waals surface area contributed by atoms with Gasteiger partial charge in [-0.05, 0) is 49.7 Å². The van der Waals surface area contributed by atoms with E-state index in [1.165, 1.54) is 24.0 Å². The molecule has 1 aromatic heterocycles. The summed E-state index contributed by atoms with van der Waals surface area (Å²) in [6, 6.07) is 10.9. The average molecular weight is 325 g/mol. The predicted octanol–water partition coefficient (Wildman–Crippen LogP) is 2.56. The van der Waals surface area contributed by atoms with Gasteiger partial charge in [0, 0.05) is 37.1 Å². The highest BCUT2D eigenvalue weighted by Crippen LogP contribution is 2.35. The van der Waals surface area contributed by atoms with Crippen LogP contribution in [-0.4, -0.2) is 35.8 Å². The first-order valence-electron chi connectivity index (χ1n) is 8.60. The van der Waals surface area contributed by atoms with Crippen LogP contribution in [0.2, 0.25) is 0 Å². The molecule has 0 aliphatic carbocycles. The van der Waals surface area contributed by atoms with Crippen molar-refractivity contribution in [1.82, 2.24) is 15.2 Å². The molecule has 1 fully saturated rings. The summed E-state index contributed by atoms with van der Waals surface area (Å²) in [5, 5.41) is 3.68. The molecule has 0 spiro atoms. The first-order chi connectivity index (χ1) is 11.9. The van der Waals surface area contributed by atoms with Crippen molar-refractivity contribution in [2.24, 2.45) is 0 Å². The standard InChI is InChI=1S/C19H23N3O2/c1-2-16(19-18(3-1)23-14-24-19)12-21-17-6-10-22(11-7-17)13-15-4-8-20-9-5-15/h1-5,8-9,17,21H,6-7,10-14H2. The minimum atomic E-state index is 0.333. The van der Waals surface area contributed by atoms with Gasteiger partial charge in [-0.2, -0.15) is 0 Å². The van der Waals surface area contributed by atoms with Gasteiger partial charge >= 0.3 is 0 Å². The number of fused-ring (bicyclic) bond motifs is 1. The Kier molecular flexibility index (Phi) is 4.62. The van der Waals surface area contributed by atoms with Crippen LogP contribution in [0, 0.1) is 0 Å². The number of nitrogens with zero attached hydrogens (tertiary/aromatic N) is 2. The number of aromatic nitrogens is 1. The van der Waals surface area contributed by atoms with E-state index in [0.717, 1.165) is 37.7 Å². The van der Waals surface area contributed by atoms with Gasteiger partial charge in [0.15, 0.2) is 11.5 Å². The Morgan fingerprint density at radius 3 is 2.75 bits per heavy atom. The molecule has 2 aromatic rings. The fourth-order valence-corrected chi connectivity index (χ4v) is 3.43. The number of pyridine rings is 1. The van der Waals surface area contributed by atoms with Crippen LogP contribution in [0.25, 0.3) is 0 Å². The number of ether oxygens (including phenoxy) is 2. The molecule has 2 aliphatic rings. The Hall–Kier alpha value is -2.11. The maximum absolute atomic E-state index is 5.58. The molecule has 1 saturated heterocycles. The van der Waals surface area contributed by atoms with Gasteiger partial charge in [0.2, 0.25) is 6.79 Å². The number of piperidine rings is 1. The molecule has 4 rings (SSSR count). The summed E-state index contributed by atoms with van der Waals surface area (Å²) in [6.07, 6.45) is 6.09. The molecule has 0 saturated carbocycles. The average Bonchev–Trinajstić information content (AvgIpc) is 3.11. The SMILES string of the molecule is c1cc(CNC2CCN(Cc3ccncc3)CC2)c2c(c1)OCO2. The van der Waals surface area contributed by atoms with E-state index in [0.29, 0.717) is 12.8 Å². The van der Waals surface area contributed by atoms with Crippen LogP contribution in [-0.2, 0) is 13.1 Å². The van der Waals surface area contributed by atoms with Gasteiger partial charge in [0.1, 0.15) is 0 Å². The minimum Gasteiger partial charge on any atom is -0.454 e. The zero-order valence-electron chi connectivity index (χ0n) is 13.8. The molecule has 3 heterocycles. The first-order valence-corrected chi connectivity index (χ1v) is 8.60. The molecule has 0 radical (unpaired) electrons. The van der Waals surface area contributed by atoms with E-state index < -0.39 is 0 Å². The number of para-hydroxylation sites is 1. The van der Waals surface area contributed by atoms with Crippen LogP contribution >= 0.6 is 0 Å². The molecule has 2 aliphatic heterocycles. The summed E-state index contributed by atoms with van der Waals surface area (Å²) in [5.74, 6) is 1.77. The van der Waals surface area contributed by atoms with Crippen LogP contribution in [0.3, 0.4) is 0 Å². The summed E-state index contributed by atoms with van der Waals surface area (Å²) in [7, 11) is 0. The summed E-state index contributed by atoms with van der Waals surface area (Å²) >= 11 is 0. The van der Waals surface area contributed by atoms with Crippen molar-refractivity contribution in [2.75, 3.05) is 19.9 Å². The van der Waals surface area contributed by atoms with Crippen LogP contribution in [0.1, 0.15) is 24.0 Å². The quantitative estimate of drug-likeness (QED) is 0.915. The molecule has 126 valence electrons. The van der Waals surface area contributed by atoms with Gasteiger partial charge in [-0.25, -0.2) is 0 Å². The third kappa shape index (κ3) is 3.52. The molecule has 5 heteroatoms. The lowest BCUT2D eigenvalue weighted by molar-refractivity contribution is 0.172. The normalized spacial score (nSPS) is 18.0. The summed E-state index contributed by atoms with van der Waals surface area (Å²) in [4.78, 5) is 6.60. The Labute approximate surface area is 142 Å². The Balaban J connectivity index is 1.26. The Bertz CT molecular complexity index is 670. The number of likely N-dealkylation sites (tertiary alicyclic amines) is 1. The van der Waals surface area contributed by atoms with Crippen molar-refractivity contribution in [3.63, 3.8) is 0 Å². The van der Waals surface area contributed by atoms with E-state index >= 15 is 0 Å². The molecule has 0 unspecified atom stereocenters. The van der Waals surface area contributed by atoms with Gasteiger partial charge < -0.3 is 14.8 Å². The van der Waals surface area contributed by atoms with Gasteiger partial charge in [-0.15, -0.1) is 0 Å². The van der Waals surface area contributed by atoms with E-state index in [4.69, 9.17) is 9.47 Å². The number of benzene rings is 1. The number of rotatable bonds is 5. The second-order valence-corrected chi connectivity index (χ2v) is 6.44. The highest BCUT2D eigenvalue weighted by Gasteiger charge is 2.21. The fourth-order valence-electron chi connectivity index (χ4n) is 3.43. The second kappa shape index (κ2) is 7.20. The Morgan fingerprint density at radius 2 is 1.92 bits per heavy atom. The van der Waals surface area contributed by atoms with Crippen LogP contribution < -0.4 is 14.8 Å². The molecule has 1 aromatic carbocycles. The van der Waals surface area contributed by atoms with Crippen LogP contribution in [0.4, 0.5) is 0 Å². The van der Waals surface area contributed by atoms with Crippen molar-refractivity contribution in [1.29, 1.82) is 0 Å². The summed E-state index contributed by atoms with van der Waals surface area (Å²) in [5.41, 5.74) is 2.53. The molecular weight excluding hydrogens is 302 g/mol. The monoisotopic (exact) mass is 325 g/mol. The van der Waals surface area contributed by atoms with Crippen molar-refractivity contribution in [3.8, 4) is 11.5 Å². The van der Waals surface area contributed by atoms with Crippen molar-refractivity contribution >= 4 is 0 Å². The van der Waals surface area contributed by atoms with Crippen molar-refractivity contribution in [2.45, 2.75) is 32.0 Å². The maximum atomic E-state index is 5.58. The van der Waals surface area contributed by atoms with E-state index in [2.05, 4.69) is 33.4 Å². The molecule has 0 amide bonds. The van der Waals surface area contributed by atoms with Gasteiger partial charge in [0.25, 0.3) is 0 Å². The topological polar surface area (TPSA) is 46.6 Å². The summed E-state index contributed by atoms with van der Waals surface area (Å²) < 4.78 is 11.0. The van der Waals surface area contributed by atoms with E-state index in [1.807, 2.05) is 24.5 Å². The van der Waals surface area contributed by atoms with Crippen LogP contribution in [0.5, 0.6) is 11.5 Å². The minimum absolute atomic E-state index is 0.333. The van der Waals surface area contributed by atoms with E-state index in [-0.39, 0.29) is 0 Å². The number of nitrogens with one attached hydrogen (secondary N) is 1. The molecule has 5 nitrogen and oxygen atoms in total. The lowest BCUT2D eigenvalue weighted by atomic mass is 10.0. The molecular formula is C19H23N3O2. The predicted molar refractivity (Wildman–Crippen MR) is 91.9 cm³/mol. The number of hydrogen-bond acceptors (Lipinski definition) is 5. The maximum Gasteiger partial charge on any atom is 0.231 e. The lowest BCUT2D eigenvalue weighted by Crippen LogP contribution is -2.41. The third-order valence-electron chi connectivity index (χ3n) is 4.80. The van der Waals surface area contributed by atoms with E-state index in [9.17, 15) is 0 Å². The highest BCUT2D eigenvalue weighted by molar-refractivity contribution is 5.48. The smallest absolute Gasteiger partial charge is 0.231 e. The van der Waals surface area contributed by atoms with Crippen molar-refractivity contribution < 1.29 is 9.47 Å². The van der Waals surface area contributed by atoms with Crippen molar-refractivity contribution in [3.05, 3.63) is 53.9 Å². The van der Waals surface area contributed by atoms with Gasteiger partial charge in [0.05, 0.1) is 0 Å². The zero-order valence-corrected chi connectivity index (χ0v) is 13.8. The first kappa shape index (κ1) is 15.4. The molecule has 24 heavy (non-hydrogen) atoms. The van der Waals surface area contributed by atoms with Gasteiger partial charge in [-0.3, -0.25) is 9.88 Å². The largest absolute Gasteiger partial charge is 0.454 e. The zero-order chi connectivity index (χ0) is 16.2. The number of hydrogen-bond donors (Lipinski definition) is 1. The van der Waals surface area contributed by atoms with E-state index in [1.54, 1.807) is 0 Å². The van der Waals surface area contributed by atoms with Crippen LogP contribution in [0.15, 0.2) is 42.7 Å². The lowest BCUT2D eigenvalue weighted by Gasteiger charge is -2.32. The molecule has 0 atom stereocenters. The fraction of sp³-hybridized carbons (Fsp3) is 0.421. The van der Waals surface area contributed by atoms with Gasteiger partial charge in [-0.1, -0.05) is 12.1 Å². The highest BCUT2D eigenvalue weighted by atomic mass is 16.7. The Morgan fingerprint density at radius 1 is 1.08 bits per heavy atom. The molecule has 1 N–H and O–H groups in total. The molecule has 0 bridgehead atoms. The summed E-state index contributed by atoms with van der Waals surface area (Å²) in [6.45, 7) is 4.45. The third-order valence-corrected chi connectivity index (χ3v) is 4.80. The second-order valence-electron chi connectivity index (χ2n) is 6.44.